The molecule has 3 aliphatic rings. The molecule has 0 bridgehead atoms. The van der Waals surface area contributed by atoms with Crippen LogP contribution in [0.4, 0.5) is 0 Å². The lowest BCUT2D eigenvalue weighted by Crippen LogP contribution is -2.55. The van der Waals surface area contributed by atoms with Gasteiger partial charge in [0, 0.05) is 32.1 Å². The lowest BCUT2D eigenvalue weighted by Gasteiger charge is -2.31. The van der Waals surface area contributed by atoms with Gasteiger partial charge in [0.1, 0.15) is 0 Å². The minimum Gasteiger partial charge on any atom is -0.349 e. The first-order valence-electron chi connectivity index (χ1n) is 9.50. The van der Waals surface area contributed by atoms with Gasteiger partial charge in [-0.2, -0.15) is 0 Å². The minimum atomic E-state index is -0.308. The molecule has 0 radical (unpaired) electrons. The molecule has 2 aliphatic heterocycles. The topological polar surface area (TPSA) is 78.7 Å². The summed E-state index contributed by atoms with van der Waals surface area (Å²) in [4.78, 5) is 29.3. The van der Waals surface area contributed by atoms with E-state index in [-0.39, 0.29) is 23.3 Å². The molecule has 3 N–H and O–H groups in total. The van der Waals surface area contributed by atoms with Crippen LogP contribution in [0.15, 0.2) is 0 Å². The zero-order chi connectivity index (χ0) is 17.3. The summed E-state index contributed by atoms with van der Waals surface area (Å²) in [7, 11) is 0. The number of hydrogen-bond donors (Lipinski definition) is 2. The second-order valence-electron chi connectivity index (χ2n) is 8.01. The molecule has 2 amide bonds. The Morgan fingerprint density at radius 1 is 1.38 bits per heavy atom. The van der Waals surface area contributed by atoms with Gasteiger partial charge in [0.15, 0.2) is 0 Å². The molecule has 1 saturated carbocycles. The molecule has 3 fully saturated rings. The first kappa shape index (κ1) is 17.7. The predicted octanol–water partition coefficient (Wildman–Crippen LogP) is 0.563. The SMILES string of the molecule is CCN1CCCC1CN1CC(C(=O)NC(C)(CN)C2CC2)CC1=O. The highest BCUT2D eigenvalue weighted by Gasteiger charge is 2.44. The Morgan fingerprint density at radius 2 is 2.12 bits per heavy atom. The van der Waals surface area contributed by atoms with Gasteiger partial charge in [0.05, 0.1) is 11.5 Å². The van der Waals surface area contributed by atoms with Crippen molar-refractivity contribution < 1.29 is 9.59 Å². The van der Waals surface area contributed by atoms with Crippen molar-refractivity contribution >= 4 is 11.8 Å². The highest BCUT2D eigenvalue weighted by molar-refractivity contribution is 5.89. The van der Waals surface area contributed by atoms with Crippen molar-refractivity contribution in [3.63, 3.8) is 0 Å². The molecule has 0 spiro atoms. The molecule has 2 saturated heterocycles. The molecule has 3 atom stereocenters. The Morgan fingerprint density at radius 3 is 2.75 bits per heavy atom. The van der Waals surface area contributed by atoms with Crippen LogP contribution in [0.2, 0.25) is 0 Å². The molecule has 0 aromatic heterocycles. The molecular formula is C18H32N4O2. The number of nitrogens with two attached hydrogens (primary N) is 1. The van der Waals surface area contributed by atoms with Crippen LogP contribution >= 0.6 is 0 Å². The summed E-state index contributed by atoms with van der Waals surface area (Å²) < 4.78 is 0. The summed E-state index contributed by atoms with van der Waals surface area (Å²) in [5.74, 6) is 0.401. The van der Waals surface area contributed by atoms with E-state index in [4.69, 9.17) is 5.73 Å². The van der Waals surface area contributed by atoms with Crippen molar-refractivity contribution in [1.29, 1.82) is 0 Å². The number of nitrogens with zero attached hydrogens (tertiary/aromatic N) is 2. The van der Waals surface area contributed by atoms with Crippen molar-refractivity contribution in [2.45, 2.75) is 57.5 Å². The zero-order valence-electron chi connectivity index (χ0n) is 15.1. The summed E-state index contributed by atoms with van der Waals surface area (Å²) in [6.07, 6.45) is 4.98. The van der Waals surface area contributed by atoms with Crippen LogP contribution in [0.5, 0.6) is 0 Å². The zero-order valence-corrected chi connectivity index (χ0v) is 15.1. The number of hydrogen-bond acceptors (Lipinski definition) is 4. The third-order valence-corrected chi connectivity index (χ3v) is 6.23. The Hall–Kier alpha value is -1.14. The molecule has 24 heavy (non-hydrogen) atoms. The van der Waals surface area contributed by atoms with Crippen LogP contribution in [0.25, 0.3) is 0 Å². The molecule has 2 heterocycles. The van der Waals surface area contributed by atoms with Crippen LogP contribution in [0.3, 0.4) is 0 Å². The molecule has 6 heteroatoms. The van der Waals surface area contributed by atoms with E-state index in [1.807, 2.05) is 11.8 Å². The molecule has 3 rings (SSSR count). The van der Waals surface area contributed by atoms with E-state index in [2.05, 4.69) is 17.1 Å². The maximum Gasteiger partial charge on any atom is 0.225 e. The monoisotopic (exact) mass is 336 g/mol. The van der Waals surface area contributed by atoms with E-state index in [0.717, 1.165) is 38.9 Å². The molecule has 1 aliphatic carbocycles. The molecular weight excluding hydrogens is 304 g/mol. The standard InChI is InChI=1S/C18H32N4O2/c1-3-21-8-4-5-15(21)11-22-10-13(9-16(22)23)17(24)20-18(2,12-19)14-6-7-14/h13-15H,3-12,19H2,1-2H3,(H,20,24). The second-order valence-corrected chi connectivity index (χ2v) is 8.01. The molecule has 6 nitrogen and oxygen atoms in total. The largest absolute Gasteiger partial charge is 0.349 e. The summed E-state index contributed by atoms with van der Waals surface area (Å²) in [6, 6.07) is 0.460. The van der Waals surface area contributed by atoms with Crippen molar-refractivity contribution in [3.05, 3.63) is 0 Å². The van der Waals surface area contributed by atoms with Gasteiger partial charge in [-0.05, 0) is 51.6 Å². The third kappa shape index (κ3) is 3.59. The van der Waals surface area contributed by atoms with E-state index in [1.165, 1.54) is 6.42 Å². The summed E-state index contributed by atoms with van der Waals surface area (Å²) in [5, 5.41) is 3.15. The fraction of sp³-hybridized carbons (Fsp3) is 0.889. The predicted molar refractivity (Wildman–Crippen MR) is 93.3 cm³/mol. The van der Waals surface area contributed by atoms with Gasteiger partial charge in [0.2, 0.25) is 11.8 Å². The first-order chi connectivity index (χ1) is 11.5. The van der Waals surface area contributed by atoms with Crippen molar-refractivity contribution in [2.75, 3.05) is 32.7 Å². The molecule has 0 aromatic rings. The average molecular weight is 336 g/mol. The Balaban J connectivity index is 1.55. The van der Waals surface area contributed by atoms with E-state index >= 15 is 0 Å². The fourth-order valence-corrected chi connectivity index (χ4v) is 4.32. The summed E-state index contributed by atoms with van der Waals surface area (Å²) in [6.45, 7) is 8.16. The highest BCUT2D eigenvalue weighted by Crippen LogP contribution is 2.39. The average Bonchev–Trinajstić information content (AvgIpc) is 3.24. The van der Waals surface area contributed by atoms with Gasteiger partial charge in [-0.3, -0.25) is 14.5 Å². The van der Waals surface area contributed by atoms with Crippen molar-refractivity contribution in [3.8, 4) is 0 Å². The number of nitrogens with one attached hydrogen (secondary N) is 1. The number of amides is 2. The van der Waals surface area contributed by atoms with E-state index in [0.29, 0.717) is 31.5 Å². The van der Waals surface area contributed by atoms with Crippen LogP contribution in [-0.4, -0.2) is 65.9 Å². The van der Waals surface area contributed by atoms with Crippen LogP contribution in [-0.2, 0) is 9.59 Å². The molecule has 0 aromatic carbocycles. The maximum atomic E-state index is 12.6. The van der Waals surface area contributed by atoms with Gasteiger partial charge >= 0.3 is 0 Å². The van der Waals surface area contributed by atoms with Gasteiger partial charge in [-0.15, -0.1) is 0 Å². The smallest absolute Gasteiger partial charge is 0.225 e. The Kier molecular flexibility index (Phi) is 5.16. The minimum absolute atomic E-state index is 0.00414. The van der Waals surface area contributed by atoms with Gasteiger partial charge in [-0.25, -0.2) is 0 Å². The maximum absolute atomic E-state index is 12.6. The first-order valence-corrected chi connectivity index (χ1v) is 9.50. The Labute approximate surface area is 145 Å². The number of carbonyl (C=O) groups excluding carboxylic acids is 2. The Bertz CT molecular complexity index is 493. The number of carbonyl (C=O) groups is 2. The van der Waals surface area contributed by atoms with E-state index < -0.39 is 0 Å². The van der Waals surface area contributed by atoms with Gasteiger partial charge < -0.3 is 16.0 Å². The summed E-state index contributed by atoms with van der Waals surface area (Å²) >= 11 is 0. The number of likely N-dealkylation sites (tertiary alicyclic amines) is 2. The highest BCUT2D eigenvalue weighted by atomic mass is 16.2. The molecule has 136 valence electrons. The van der Waals surface area contributed by atoms with Crippen LogP contribution in [0, 0.1) is 11.8 Å². The lowest BCUT2D eigenvalue weighted by molar-refractivity contribution is -0.129. The third-order valence-electron chi connectivity index (χ3n) is 6.23. The fourth-order valence-electron chi connectivity index (χ4n) is 4.32. The van der Waals surface area contributed by atoms with Gasteiger partial charge in [0.25, 0.3) is 0 Å². The van der Waals surface area contributed by atoms with E-state index in [1.54, 1.807) is 0 Å². The molecule has 3 unspecified atom stereocenters. The van der Waals surface area contributed by atoms with Crippen molar-refractivity contribution in [2.24, 2.45) is 17.6 Å². The summed E-state index contributed by atoms with van der Waals surface area (Å²) in [5.41, 5.74) is 5.58. The van der Waals surface area contributed by atoms with Crippen LogP contribution < -0.4 is 11.1 Å². The lowest BCUT2D eigenvalue weighted by atomic mass is 9.94. The van der Waals surface area contributed by atoms with Gasteiger partial charge in [-0.1, -0.05) is 6.92 Å². The quantitative estimate of drug-likeness (QED) is 0.712. The van der Waals surface area contributed by atoms with Crippen LogP contribution in [0.1, 0.15) is 46.0 Å². The number of rotatable bonds is 7. The number of likely N-dealkylation sites (N-methyl/N-ethyl adjacent to an activating group) is 1. The normalized spacial score (nSPS) is 30.6. The van der Waals surface area contributed by atoms with Crippen molar-refractivity contribution in [1.82, 2.24) is 15.1 Å². The second kappa shape index (κ2) is 7.00. The van der Waals surface area contributed by atoms with E-state index in [9.17, 15) is 9.59 Å².